The molecule has 0 fully saturated rings. The second kappa shape index (κ2) is 16.7. The van der Waals surface area contributed by atoms with E-state index in [0.29, 0.717) is 6.42 Å². The van der Waals surface area contributed by atoms with Crippen molar-refractivity contribution in [2.45, 2.75) is 82.4 Å². The molecule has 0 aliphatic heterocycles. The SMILES string of the molecule is CCCCCCCCCCCCc1ccccc1S(=O)(=O)O.N.O=S(=O)(O)OO. The summed E-state index contributed by atoms with van der Waals surface area (Å²) in [5.41, 5.74) is 0.726. The molecule has 0 saturated carbocycles. The van der Waals surface area contributed by atoms with Crippen molar-refractivity contribution in [1.29, 1.82) is 0 Å². The Morgan fingerprint density at radius 1 is 0.793 bits per heavy atom. The van der Waals surface area contributed by atoms with Crippen molar-refractivity contribution >= 4 is 20.5 Å². The fraction of sp³-hybridized carbons (Fsp3) is 0.667. The van der Waals surface area contributed by atoms with Crippen molar-refractivity contribution in [2.24, 2.45) is 0 Å². The fourth-order valence-corrected chi connectivity index (χ4v) is 3.52. The van der Waals surface area contributed by atoms with E-state index in [9.17, 15) is 13.0 Å². The lowest BCUT2D eigenvalue weighted by Gasteiger charge is -2.07. The quantitative estimate of drug-likeness (QED) is 0.140. The minimum atomic E-state index is -4.61. The molecule has 0 aromatic heterocycles. The molecule has 1 aromatic rings. The average molecular weight is 458 g/mol. The van der Waals surface area contributed by atoms with E-state index in [-0.39, 0.29) is 11.0 Å². The number of rotatable bonds is 13. The van der Waals surface area contributed by atoms with Crippen molar-refractivity contribution < 1.29 is 35.5 Å². The van der Waals surface area contributed by atoms with Crippen LogP contribution >= 0.6 is 0 Å². The normalized spacial score (nSPS) is 11.3. The highest BCUT2D eigenvalue weighted by Crippen LogP contribution is 2.18. The molecule has 0 atom stereocenters. The highest BCUT2D eigenvalue weighted by molar-refractivity contribution is 7.85. The van der Waals surface area contributed by atoms with Gasteiger partial charge in [-0.05, 0) is 24.5 Å². The second-order valence-corrected chi connectivity index (χ2v) is 8.91. The molecule has 1 aromatic carbocycles. The van der Waals surface area contributed by atoms with Crippen LogP contribution in [0.25, 0.3) is 0 Å². The number of aryl methyl sites for hydroxylation is 1. The standard InChI is InChI=1S/C18H30O3S.H3N.H2O5S/c1-2-3-4-5-6-7-8-9-10-11-14-17-15-12-13-16-18(17)22(19,20)21;;1-5-6(2,3)4/h12-13,15-16H,2-11,14H2,1H3,(H,19,20,21);1H3;1H,(H,2,3,4). The zero-order valence-corrected chi connectivity index (χ0v) is 18.6. The van der Waals surface area contributed by atoms with Gasteiger partial charge >= 0.3 is 10.4 Å². The zero-order chi connectivity index (χ0) is 21.5. The van der Waals surface area contributed by atoms with Gasteiger partial charge in [0.25, 0.3) is 10.1 Å². The molecule has 0 radical (unpaired) electrons. The molecule has 0 amide bonds. The van der Waals surface area contributed by atoms with Gasteiger partial charge in [-0.1, -0.05) is 87.2 Å². The Bertz CT molecular complexity index is 736. The minimum Gasteiger partial charge on any atom is -0.344 e. The van der Waals surface area contributed by atoms with Crippen LogP contribution < -0.4 is 6.15 Å². The van der Waals surface area contributed by atoms with Crippen LogP contribution in [0.5, 0.6) is 0 Å². The lowest BCUT2D eigenvalue weighted by atomic mass is 10.0. The highest BCUT2D eigenvalue weighted by atomic mass is 32.3. The smallest absolute Gasteiger partial charge is 0.344 e. The van der Waals surface area contributed by atoms with E-state index < -0.39 is 20.5 Å². The van der Waals surface area contributed by atoms with E-state index in [4.69, 9.17) is 18.2 Å². The Morgan fingerprint density at radius 3 is 1.62 bits per heavy atom. The topological polar surface area (TPSA) is 173 Å². The van der Waals surface area contributed by atoms with Crippen LogP contribution in [0.3, 0.4) is 0 Å². The minimum absolute atomic E-state index is 0. The largest absolute Gasteiger partial charge is 0.423 e. The molecule has 0 bridgehead atoms. The van der Waals surface area contributed by atoms with E-state index in [1.807, 2.05) is 6.07 Å². The molecule has 29 heavy (non-hydrogen) atoms. The molecule has 172 valence electrons. The highest BCUT2D eigenvalue weighted by Gasteiger charge is 2.13. The molecule has 11 heteroatoms. The summed E-state index contributed by atoms with van der Waals surface area (Å²) in [6, 6.07) is 6.73. The summed E-state index contributed by atoms with van der Waals surface area (Å²) in [7, 11) is -8.70. The van der Waals surface area contributed by atoms with Crippen LogP contribution in [0.15, 0.2) is 29.2 Å². The summed E-state index contributed by atoms with van der Waals surface area (Å²) in [5.74, 6) is 0. The molecule has 0 aliphatic rings. The number of hydrogen-bond donors (Lipinski definition) is 4. The van der Waals surface area contributed by atoms with Gasteiger partial charge in [-0.2, -0.15) is 16.8 Å². The van der Waals surface area contributed by atoms with E-state index >= 15 is 0 Å². The molecule has 0 aliphatic carbocycles. The first-order chi connectivity index (χ1) is 13.1. The maximum atomic E-state index is 11.3. The lowest BCUT2D eigenvalue weighted by molar-refractivity contribution is -0.139. The first-order valence-corrected chi connectivity index (χ1v) is 12.3. The van der Waals surface area contributed by atoms with Gasteiger partial charge in [0, 0.05) is 0 Å². The van der Waals surface area contributed by atoms with Gasteiger partial charge in [0.1, 0.15) is 0 Å². The van der Waals surface area contributed by atoms with Crippen molar-refractivity contribution in [3.63, 3.8) is 0 Å². The molecule has 0 spiro atoms. The van der Waals surface area contributed by atoms with Crippen LogP contribution in [0, 0.1) is 0 Å². The summed E-state index contributed by atoms with van der Waals surface area (Å²) in [5, 5.41) is 7.06. The number of hydrogen-bond acceptors (Lipinski definition) is 7. The first kappa shape index (κ1) is 30.1. The van der Waals surface area contributed by atoms with Crippen LogP contribution in [0.4, 0.5) is 0 Å². The predicted molar refractivity (Wildman–Crippen MR) is 112 cm³/mol. The van der Waals surface area contributed by atoms with Crippen molar-refractivity contribution in [2.75, 3.05) is 0 Å². The molecule has 6 N–H and O–H groups in total. The van der Waals surface area contributed by atoms with Crippen molar-refractivity contribution in [3.05, 3.63) is 29.8 Å². The maximum absolute atomic E-state index is 11.3. The Morgan fingerprint density at radius 2 is 1.21 bits per heavy atom. The molecule has 1 rings (SSSR count). The molecule has 0 heterocycles. The average Bonchev–Trinajstić information content (AvgIpc) is 2.63. The van der Waals surface area contributed by atoms with Gasteiger partial charge in [0.15, 0.2) is 0 Å². The second-order valence-electron chi connectivity index (χ2n) is 6.52. The molecule has 0 unspecified atom stereocenters. The Labute approximate surface area is 174 Å². The maximum Gasteiger partial charge on any atom is 0.423 e. The van der Waals surface area contributed by atoms with Gasteiger partial charge in [-0.25, -0.2) is 5.26 Å². The third-order valence-electron chi connectivity index (χ3n) is 4.14. The van der Waals surface area contributed by atoms with Gasteiger partial charge in [-0.15, -0.1) is 0 Å². The van der Waals surface area contributed by atoms with Gasteiger partial charge in [-0.3, -0.25) is 9.11 Å². The van der Waals surface area contributed by atoms with Gasteiger partial charge < -0.3 is 6.15 Å². The summed E-state index contributed by atoms with van der Waals surface area (Å²) in [4.78, 5) is 0.0610. The first-order valence-electron chi connectivity index (χ1n) is 9.47. The monoisotopic (exact) mass is 457 g/mol. The predicted octanol–water partition coefficient (Wildman–Crippen LogP) is 4.84. The summed E-state index contributed by atoms with van der Waals surface area (Å²) < 4.78 is 59.7. The third-order valence-corrected chi connectivity index (χ3v) is 5.29. The molecular weight excluding hydrogens is 422 g/mol. The Kier molecular flexibility index (Phi) is 17.3. The lowest BCUT2D eigenvalue weighted by Crippen LogP contribution is -2.03. The number of benzene rings is 1. The van der Waals surface area contributed by atoms with E-state index in [1.54, 1.807) is 12.1 Å². The van der Waals surface area contributed by atoms with Crippen LogP contribution in [0.2, 0.25) is 0 Å². The van der Waals surface area contributed by atoms with Crippen LogP contribution in [0.1, 0.15) is 76.7 Å². The third kappa shape index (κ3) is 17.5. The van der Waals surface area contributed by atoms with Crippen LogP contribution in [-0.4, -0.2) is 31.2 Å². The van der Waals surface area contributed by atoms with E-state index in [1.165, 1.54) is 57.4 Å². The van der Waals surface area contributed by atoms with Crippen LogP contribution in [-0.2, 0) is 31.3 Å². The van der Waals surface area contributed by atoms with E-state index in [0.717, 1.165) is 18.4 Å². The Hall–Kier alpha value is -1.08. The van der Waals surface area contributed by atoms with Crippen molar-refractivity contribution in [1.82, 2.24) is 6.15 Å². The fourth-order valence-electron chi connectivity index (χ4n) is 2.76. The van der Waals surface area contributed by atoms with Gasteiger partial charge in [0.2, 0.25) is 0 Å². The number of unbranched alkanes of at least 4 members (excludes halogenated alkanes) is 9. The summed E-state index contributed by atoms with van der Waals surface area (Å²) in [6.45, 7) is 2.24. The summed E-state index contributed by atoms with van der Waals surface area (Å²) in [6.07, 6.45) is 13.3. The van der Waals surface area contributed by atoms with Crippen molar-refractivity contribution in [3.8, 4) is 0 Å². The van der Waals surface area contributed by atoms with E-state index in [2.05, 4.69) is 11.3 Å². The zero-order valence-electron chi connectivity index (χ0n) is 17.0. The molecule has 9 nitrogen and oxygen atoms in total. The summed E-state index contributed by atoms with van der Waals surface area (Å²) >= 11 is 0. The van der Waals surface area contributed by atoms with Gasteiger partial charge in [0.05, 0.1) is 4.90 Å². The Balaban J connectivity index is 0. The molecular formula is C18H35NO8S2. The molecule has 0 saturated heterocycles.